The summed E-state index contributed by atoms with van der Waals surface area (Å²) in [5, 5.41) is 0. The molecule has 3 rings (SSSR count). The third-order valence-corrected chi connectivity index (χ3v) is 4.90. The fourth-order valence-corrected chi connectivity index (χ4v) is 3.32. The van der Waals surface area contributed by atoms with Crippen molar-refractivity contribution in [3.05, 3.63) is 65.7 Å². The number of benzodiazepines with no additional fused rings is 1. The summed E-state index contributed by atoms with van der Waals surface area (Å²) in [6.45, 7) is 4.75. The number of nitrogens with zero attached hydrogens (tertiary/aromatic N) is 2. The van der Waals surface area contributed by atoms with Crippen LogP contribution in [-0.2, 0) is 0 Å². The quantitative estimate of drug-likeness (QED) is 0.571. The van der Waals surface area contributed by atoms with Gasteiger partial charge in [-0.05, 0) is 30.7 Å². The van der Waals surface area contributed by atoms with Crippen LogP contribution in [0.5, 0.6) is 5.75 Å². The van der Waals surface area contributed by atoms with Crippen molar-refractivity contribution in [3.8, 4) is 5.75 Å². The molecule has 0 saturated carbocycles. The molecule has 2 aromatic carbocycles. The number of benzene rings is 2. The number of likely N-dealkylation sites (N-methyl/N-ethyl adjacent to an activating group) is 1. The summed E-state index contributed by atoms with van der Waals surface area (Å²) < 4.78 is 6.04. The van der Waals surface area contributed by atoms with Gasteiger partial charge in [0, 0.05) is 30.4 Å². The van der Waals surface area contributed by atoms with Gasteiger partial charge in [-0.25, -0.2) is 0 Å². The van der Waals surface area contributed by atoms with Crippen molar-refractivity contribution in [2.75, 3.05) is 31.6 Å². The molecule has 0 saturated heterocycles. The van der Waals surface area contributed by atoms with E-state index in [4.69, 9.17) is 9.73 Å². The van der Waals surface area contributed by atoms with E-state index in [1.54, 1.807) is 0 Å². The van der Waals surface area contributed by atoms with E-state index in [0.717, 1.165) is 43.1 Å². The normalized spacial score (nSPS) is 14.0. The fraction of sp³-hybridized carbons (Fsp3) is 0.375. The number of anilines is 1. The van der Waals surface area contributed by atoms with Gasteiger partial charge in [0.25, 0.3) is 0 Å². The zero-order valence-electron chi connectivity index (χ0n) is 16.5. The number of aliphatic imine (C=N–C) groups is 1. The number of allylic oxidation sites excluding steroid dienone is 1. The number of hydrogen-bond acceptors (Lipinski definition) is 3. The van der Waals surface area contributed by atoms with Gasteiger partial charge in [0.1, 0.15) is 5.75 Å². The SMILES string of the molecule is CCCCCCOc1ccccc1/C=C/C1=NCCN(C)c2ccccc21. The molecule has 3 nitrogen and oxygen atoms in total. The van der Waals surface area contributed by atoms with Crippen LogP contribution in [-0.4, -0.2) is 32.5 Å². The molecule has 1 heterocycles. The van der Waals surface area contributed by atoms with Crippen molar-refractivity contribution in [1.29, 1.82) is 0 Å². The Kier molecular flexibility index (Phi) is 7.09. The first-order valence-electron chi connectivity index (χ1n) is 10.0. The van der Waals surface area contributed by atoms with Gasteiger partial charge in [0.05, 0.1) is 18.9 Å². The molecule has 0 amide bonds. The van der Waals surface area contributed by atoms with Crippen LogP contribution in [0, 0.1) is 0 Å². The lowest BCUT2D eigenvalue weighted by Gasteiger charge is -2.18. The molecule has 0 bridgehead atoms. The average Bonchev–Trinajstić information content (AvgIpc) is 2.86. The molecule has 142 valence electrons. The van der Waals surface area contributed by atoms with Crippen molar-refractivity contribution in [1.82, 2.24) is 0 Å². The summed E-state index contributed by atoms with van der Waals surface area (Å²) in [6, 6.07) is 16.7. The monoisotopic (exact) mass is 362 g/mol. The molecule has 0 aliphatic carbocycles. The minimum atomic E-state index is 0.777. The first-order valence-corrected chi connectivity index (χ1v) is 10.0. The van der Waals surface area contributed by atoms with Crippen LogP contribution >= 0.6 is 0 Å². The second kappa shape index (κ2) is 9.96. The summed E-state index contributed by atoms with van der Waals surface area (Å²) in [6.07, 6.45) is 9.12. The molecular formula is C24H30N2O. The Labute approximate surface area is 163 Å². The molecule has 0 fully saturated rings. The summed E-state index contributed by atoms with van der Waals surface area (Å²) in [7, 11) is 2.13. The molecule has 27 heavy (non-hydrogen) atoms. The van der Waals surface area contributed by atoms with Gasteiger partial charge in [-0.15, -0.1) is 0 Å². The molecule has 0 N–H and O–H groups in total. The van der Waals surface area contributed by atoms with E-state index in [-0.39, 0.29) is 0 Å². The Morgan fingerprint density at radius 2 is 1.81 bits per heavy atom. The maximum absolute atomic E-state index is 6.04. The Bertz CT molecular complexity index is 794. The maximum atomic E-state index is 6.04. The Morgan fingerprint density at radius 3 is 2.70 bits per heavy atom. The number of unbranched alkanes of at least 4 members (excludes halogenated alkanes) is 3. The summed E-state index contributed by atoms with van der Waals surface area (Å²) in [5.74, 6) is 0.949. The lowest BCUT2D eigenvalue weighted by Crippen LogP contribution is -2.20. The van der Waals surface area contributed by atoms with Gasteiger partial charge >= 0.3 is 0 Å². The Morgan fingerprint density at radius 1 is 1.00 bits per heavy atom. The summed E-state index contributed by atoms with van der Waals surface area (Å²) >= 11 is 0. The highest BCUT2D eigenvalue weighted by Crippen LogP contribution is 2.24. The molecule has 0 unspecified atom stereocenters. The number of hydrogen-bond donors (Lipinski definition) is 0. The van der Waals surface area contributed by atoms with Crippen molar-refractivity contribution in [2.45, 2.75) is 32.6 Å². The van der Waals surface area contributed by atoms with Crippen LogP contribution in [0.1, 0.15) is 43.7 Å². The highest BCUT2D eigenvalue weighted by Gasteiger charge is 2.13. The molecular weight excluding hydrogens is 332 g/mol. The number of rotatable bonds is 8. The van der Waals surface area contributed by atoms with E-state index >= 15 is 0 Å². The maximum Gasteiger partial charge on any atom is 0.126 e. The molecule has 0 spiro atoms. The number of fused-ring (bicyclic) bond motifs is 1. The minimum Gasteiger partial charge on any atom is -0.493 e. The predicted octanol–water partition coefficient (Wildman–Crippen LogP) is 5.60. The second-order valence-electron chi connectivity index (χ2n) is 6.99. The lowest BCUT2D eigenvalue weighted by atomic mass is 10.1. The van der Waals surface area contributed by atoms with Gasteiger partial charge in [-0.1, -0.05) is 62.6 Å². The first kappa shape index (κ1) is 19.2. The highest BCUT2D eigenvalue weighted by atomic mass is 16.5. The van der Waals surface area contributed by atoms with E-state index in [2.05, 4.69) is 73.5 Å². The lowest BCUT2D eigenvalue weighted by molar-refractivity contribution is 0.304. The number of para-hydroxylation sites is 2. The van der Waals surface area contributed by atoms with E-state index in [9.17, 15) is 0 Å². The van der Waals surface area contributed by atoms with E-state index in [1.807, 2.05) is 6.07 Å². The van der Waals surface area contributed by atoms with Crippen molar-refractivity contribution < 1.29 is 4.74 Å². The molecule has 1 aliphatic rings. The highest BCUT2D eigenvalue weighted by molar-refractivity contribution is 6.14. The van der Waals surface area contributed by atoms with E-state index in [0.29, 0.717) is 0 Å². The summed E-state index contributed by atoms with van der Waals surface area (Å²) in [4.78, 5) is 7.07. The molecule has 0 atom stereocenters. The van der Waals surface area contributed by atoms with Crippen LogP contribution in [0.15, 0.2) is 59.6 Å². The topological polar surface area (TPSA) is 24.8 Å². The zero-order chi connectivity index (χ0) is 18.9. The first-order chi connectivity index (χ1) is 13.3. The average molecular weight is 363 g/mol. The Hall–Kier alpha value is -2.55. The smallest absolute Gasteiger partial charge is 0.126 e. The third-order valence-electron chi connectivity index (χ3n) is 4.90. The van der Waals surface area contributed by atoms with Crippen LogP contribution < -0.4 is 9.64 Å². The van der Waals surface area contributed by atoms with Gasteiger partial charge in [0.2, 0.25) is 0 Å². The van der Waals surface area contributed by atoms with Crippen LogP contribution in [0.4, 0.5) is 5.69 Å². The van der Waals surface area contributed by atoms with Crippen LogP contribution in [0.2, 0.25) is 0 Å². The molecule has 0 aromatic heterocycles. The van der Waals surface area contributed by atoms with Gasteiger partial charge < -0.3 is 9.64 Å². The fourth-order valence-electron chi connectivity index (χ4n) is 3.32. The van der Waals surface area contributed by atoms with Gasteiger partial charge in [-0.2, -0.15) is 0 Å². The van der Waals surface area contributed by atoms with Gasteiger partial charge in [-0.3, -0.25) is 4.99 Å². The van der Waals surface area contributed by atoms with E-state index in [1.165, 1.54) is 30.5 Å². The van der Waals surface area contributed by atoms with Crippen LogP contribution in [0.25, 0.3) is 6.08 Å². The standard InChI is InChI=1S/C24H30N2O/c1-3-4-5-10-19-27-24-14-9-6-11-20(24)15-16-22-21-12-7-8-13-23(21)26(2)18-17-25-22/h6-9,11-16H,3-5,10,17-19H2,1-2H3/b16-15+. The third kappa shape index (κ3) is 5.22. The second-order valence-corrected chi connectivity index (χ2v) is 6.99. The van der Waals surface area contributed by atoms with Gasteiger partial charge in [0.15, 0.2) is 0 Å². The molecule has 1 aliphatic heterocycles. The Balaban J connectivity index is 1.74. The largest absolute Gasteiger partial charge is 0.493 e. The number of ether oxygens (including phenoxy) is 1. The molecule has 2 aromatic rings. The molecule has 0 radical (unpaired) electrons. The van der Waals surface area contributed by atoms with E-state index < -0.39 is 0 Å². The van der Waals surface area contributed by atoms with Crippen LogP contribution in [0.3, 0.4) is 0 Å². The minimum absolute atomic E-state index is 0.777. The predicted molar refractivity (Wildman–Crippen MR) is 116 cm³/mol. The molecule has 3 heteroatoms. The zero-order valence-corrected chi connectivity index (χ0v) is 16.5. The summed E-state index contributed by atoms with van der Waals surface area (Å²) in [5.41, 5.74) is 4.56. The van der Waals surface area contributed by atoms with Crippen molar-refractivity contribution in [2.24, 2.45) is 4.99 Å². The van der Waals surface area contributed by atoms with Crippen molar-refractivity contribution >= 4 is 17.5 Å². The van der Waals surface area contributed by atoms with Crippen molar-refractivity contribution in [3.63, 3.8) is 0 Å².